The monoisotopic (exact) mass is 394 g/mol. The van der Waals surface area contributed by atoms with Crippen molar-refractivity contribution < 1.29 is 0 Å². The molecule has 0 saturated heterocycles. The van der Waals surface area contributed by atoms with E-state index in [0.29, 0.717) is 6.04 Å². The Morgan fingerprint density at radius 1 is 1.25 bits per heavy atom. The predicted octanol–water partition coefficient (Wildman–Crippen LogP) is 3.99. The fourth-order valence-electron chi connectivity index (χ4n) is 4.24. The fourth-order valence-corrected chi connectivity index (χ4v) is 5.18. The third-order valence-electron chi connectivity index (χ3n) is 5.48. The standard InChI is InChI=1S/C20H22N6OS/c1-12(2)25-16-10-21-11-22-18(16)26(20(25)27)14-8-7-13(9-14)23-19-24-15-5-3-4-6-17(15)28-19/h3-6,10-14H,7-9H2,1-2H3,(H,23,24). The normalized spacial score (nSPS) is 19.8. The van der Waals surface area contributed by atoms with Gasteiger partial charge in [0.15, 0.2) is 10.8 Å². The van der Waals surface area contributed by atoms with Crippen molar-refractivity contribution in [2.45, 2.75) is 51.2 Å². The molecule has 1 N–H and O–H groups in total. The van der Waals surface area contributed by atoms with Crippen molar-refractivity contribution in [3.05, 3.63) is 47.3 Å². The summed E-state index contributed by atoms with van der Waals surface area (Å²) in [6.07, 6.45) is 6.11. The Labute approximate surface area is 166 Å². The molecule has 0 spiro atoms. The molecule has 7 nitrogen and oxygen atoms in total. The van der Waals surface area contributed by atoms with Crippen LogP contribution in [0, 0.1) is 0 Å². The third kappa shape index (κ3) is 2.79. The van der Waals surface area contributed by atoms with E-state index in [4.69, 9.17) is 0 Å². The molecule has 3 heterocycles. The molecule has 1 aromatic carbocycles. The van der Waals surface area contributed by atoms with Crippen LogP contribution in [0.4, 0.5) is 5.13 Å². The first-order valence-electron chi connectivity index (χ1n) is 9.66. The Bertz CT molecular complexity index is 1170. The molecule has 3 aromatic heterocycles. The number of benzene rings is 1. The Kier molecular flexibility index (Phi) is 4.16. The van der Waals surface area contributed by atoms with Gasteiger partial charge in [-0.3, -0.25) is 9.13 Å². The highest BCUT2D eigenvalue weighted by Crippen LogP contribution is 2.35. The Balaban J connectivity index is 1.43. The van der Waals surface area contributed by atoms with Gasteiger partial charge in [-0.15, -0.1) is 0 Å². The lowest BCUT2D eigenvalue weighted by atomic mass is 10.2. The van der Waals surface area contributed by atoms with Crippen LogP contribution in [0.25, 0.3) is 21.4 Å². The first-order chi connectivity index (χ1) is 13.6. The number of thiazole rings is 1. The molecular formula is C20H22N6OS. The molecular weight excluding hydrogens is 372 g/mol. The molecule has 0 radical (unpaired) electrons. The van der Waals surface area contributed by atoms with Gasteiger partial charge in [-0.2, -0.15) is 0 Å². The molecule has 1 fully saturated rings. The molecule has 1 aliphatic rings. The summed E-state index contributed by atoms with van der Waals surface area (Å²) < 4.78 is 4.85. The van der Waals surface area contributed by atoms with Crippen LogP contribution < -0.4 is 11.0 Å². The van der Waals surface area contributed by atoms with Crippen LogP contribution in [0.5, 0.6) is 0 Å². The van der Waals surface area contributed by atoms with E-state index in [1.54, 1.807) is 22.1 Å². The number of para-hydroxylation sites is 1. The summed E-state index contributed by atoms with van der Waals surface area (Å²) in [7, 11) is 0. The van der Waals surface area contributed by atoms with Gasteiger partial charge in [-0.05, 0) is 45.2 Å². The molecule has 144 valence electrons. The van der Waals surface area contributed by atoms with Crippen LogP contribution in [0.3, 0.4) is 0 Å². The lowest BCUT2D eigenvalue weighted by Gasteiger charge is -2.13. The fraction of sp³-hybridized carbons (Fsp3) is 0.400. The zero-order valence-corrected chi connectivity index (χ0v) is 16.7. The maximum atomic E-state index is 13.1. The third-order valence-corrected chi connectivity index (χ3v) is 6.45. The number of nitrogens with zero attached hydrogens (tertiary/aromatic N) is 5. The SMILES string of the molecule is CC(C)n1c(=O)n(C2CCC(Nc3nc4ccccc4s3)C2)c2ncncc21. The highest BCUT2D eigenvalue weighted by Gasteiger charge is 2.30. The number of aromatic nitrogens is 5. The van der Waals surface area contributed by atoms with Crippen molar-refractivity contribution >= 4 is 37.8 Å². The lowest BCUT2D eigenvalue weighted by molar-refractivity contribution is 0.482. The van der Waals surface area contributed by atoms with Gasteiger partial charge in [0.2, 0.25) is 0 Å². The summed E-state index contributed by atoms with van der Waals surface area (Å²) in [5.41, 5.74) is 2.58. The number of hydrogen-bond acceptors (Lipinski definition) is 6. The maximum absolute atomic E-state index is 13.1. The Hall–Kier alpha value is -2.74. The minimum atomic E-state index is 0.0103. The summed E-state index contributed by atoms with van der Waals surface area (Å²) in [5, 5.41) is 4.53. The number of hydrogen-bond donors (Lipinski definition) is 1. The van der Waals surface area contributed by atoms with E-state index in [2.05, 4.69) is 26.3 Å². The van der Waals surface area contributed by atoms with E-state index >= 15 is 0 Å². The molecule has 0 amide bonds. The van der Waals surface area contributed by atoms with Gasteiger partial charge >= 0.3 is 5.69 Å². The van der Waals surface area contributed by atoms with Crippen LogP contribution in [0.2, 0.25) is 0 Å². The summed E-state index contributed by atoms with van der Waals surface area (Å²) in [6, 6.07) is 8.68. The van der Waals surface area contributed by atoms with Crippen molar-refractivity contribution in [2.75, 3.05) is 5.32 Å². The van der Waals surface area contributed by atoms with E-state index in [1.807, 2.05) is 36.6 Å². The van der Waals surface area contributed by atoms with Crippen molar-refractivity contribution in [1.82, 2.24) is 24.1 Å². The molecule has 4 aromatic rings. The number of imidazole rings is 1. The highest BCUT2D eigenvalue weighted by molar-refractivity contribution is 7.22. The second-order valence-corrected chi connectivity index (χ2v) is 8.67. The number of rotatable bonds is 4. The van der Waals surface area contributed by atoms with Gasteiger partial charge in [0.25, 0.3) is 0 Å². The van der Waals surface area contributed by atoms with Crippen LogP contribution in [-0.2, 0) is 0 Å². The van der Waals surface area contributed by atoms with E-state index in [9.17, 15) is 4.79 Å². The molecule has 1 saturated carbocycles. The van der Waals surface area contributed by atoms with Gasteiger partial charge < -0.3 is 5.32 Å². The van der Waals surface area contributed by atoms with Gasteiger partial charge in [0, 0.05) is 18.1 Å². The van der Waals surface area contributed by atoms with Crippen molar-refractivity contribution in [2.24, 2.45) is 0 Å². The Morgan fingerprint density at radius 3 is 2.93 bits per heavy atom. The Morgan fingerprint density at radius 2 is 2.11 bits per heavy atom. The number of fused-ring (bicyclic) bond motifs is 2. The largest absolute Gasteiger partial charge is 0.359 e. The minimum absolute atomic E-state index is 0.0103. The molecule has 2 atom stereocenters. The molecule has 0 bridgehead atoms. The van der Waals surface area contributed by atoms with Crippen LogP contribution >= 0.6 is 11.3 Å². The summed E-state index contributed by atoms with van der Waals surface area (Å²) in [6.45, 7) is 4.04. The van der Waals surface area contributed by atoms with E-state index < -0.39 is 0 Å². The van der Waals surface area contributed by atoms with Crippen molar-refractivity contribution in [1.29, 1.82) is 0 Å². The molecule has 2 unspecified atom stereocenters. The molecule has 5 rings (SSSR count). The second kappa shape index (κ2) is 6.70. The zero-order valence-electron chi connectivity index (χ0n) is 15.9. The van der Waals surface area contributed by atoms with E-state index in [-0.39, 0.29) is 17.8 Å². The van der Waals surface area contributed by atoms with Crippen LogP contribution in [0.15, 0.2) is 41.6 Å². The van der Waals surface area contributed by atoms with E-state index in [0.717, 1.165) is 41.1 Å². The minimum Gasteiger partial charge on any atom is -0.359 e. The van der Waals surface area contributed by atoms with E-state index in [1.165, 1.54) is 11.0 Å². The zero-order chi connectivity index (χ0) is 19.3. The first kappa shape index (κ1) is 17.4. The second-order valence-electron chi connectivity index (χ2n) is 7.64. The molecule has 28 heavy (non-hydrogen) atoms. The van der Waals surface area contributed by atoms with Gasteiger partial charge in [0.05, 0.1) is 16.4 Å². The molecule has 8 heteroatoms. The van der Waals surface area contributed by atoms with Crippen LogP contribution in [-0.4, -0.2) is 30.1 Å². The topological polar surface area (TPSA) is 77.6 Å². The highest BCUT2D eigenvalue weighted by atomic mass is 32.1. The summed E-state index contributed by atoms with van der Waals surface area (Å²) in [4.78, 5) is 26.4. The number of anilines is 1. The average molecular weight is 395 g/mol. The van der Waals surface area contributed by atoms with Gasteiger partial charge in [-0.1, -0.05) is 23.5 Å². The summed E-state index contributed by atoms with van der Waals surface area (Å²) in [5.74, 6) is 0. The predicted molar refractivity (Wildman–Crippen MR) is 112 cm³/mol. The lowest BCUT2D eigenvalue weighted by Crippen LogP contribution is -2.28. The van der Waals surface area contributed by atoms with Crippen molar-refractivity contribution in [3.8, 4) is 0 Å². The van der Waals surface area contributed by atoms with Crippen molar-refractivity contribution in [3.63, 3.8) is 0 Å². The molecule has 1 aliphatic carbocycles. The quantitative estimate of drug-likeness (QED) is 0.566. The van der Waals surface area contributed by atoms with Crippen LogP contribution in [0.1, 0.15) is 45.2 Å². The summed E-state index contributed by atoms with van der Waals surface area (Å²) >= 11 is 1.68. The smallest absolute Gasteiger partial charge is 0.330 e. The number of nitrogens with one attached hydrogen (secondary N) is 1. The first-order valence-corrected chi connectivity index (χ1v) is 10.5. The van der Waals surface area contributed by atoms with Gasteiger partial charge in [0.1, 0.15) is 11.8 Å². The average Bonchev–Trinajstić information content (AvgIpc) is 3.36. The molecule has 0 aliphatic heterocycles. The van der Waals surface area contributed by atoms with Gasteiger partial charge in [-0.25, -0.2) is 19.7 Å². The maximum Gasteiger partial charge on any atom is 0.330 e.